The van der Waals surface area contributed by atoms with Gasteiger partial charge in [0, 0.05) is 42.2 Å². The summed E-state index contributed by atoms with van der Waals surface area (Å²) in [5.74, 6) is 0.135. The molecule has 164 valence electrons. The minimum Gasteiger partial charge on any atom is -0.490 e. The summed E-state index contributed by atoms with van der Waals surface area (Å²) in [7, 11) is 0. The summed E-state index contributed by atoms with van der Waals surface area (Å²) in [4.78, 5) is 38.2. The van der Waals surface area contributed by atoms with Gasteiger partial charge in [-0.3, -0.25) is 24.6 Å². The molecule has 4 rings (SSSR count). The van der Waals surface area contributed by atoms with E-state index in [1.165, 1.54) is 23.1 Å². The number of allylic oxidation sites excluding steroid dienone is 2. The highest BCUT2D eigenvalue weighted by Crippen LogP contribution is 2.45. The second kappa shape index (κ2) is 8.96. The van der Waals surface area contributed by atoms with Crippen LogP contribution in [0.5, 0.6) is 5.75 Å². The molecular formula is C24H21ClN2O5. The standard InChI is InChI=1S/C24H21ClN2O5/c1-2-12-32-17-9-6-15(7-10-17)18-14-23(29)26(21-4-3-5-22(28)24(18)21)20-11-8-16(27(30)31)13-19(20)25/h2,6-11,13,18H,1,3-5,12,14H2. The summed E-state index contributed by atoms with van der Waals surface area (Å²) < 4.78 is 5.53. The fourth-order valence-electron chi connectivity index (χ4n) is 4.30. The second-order valence-corrected chi connectivity index (χ2v) is 8.09. The number of Topliss-reactive ketones (excluding diaryl/α,β-unsaturated/α-hetero) is 1. The Balaban J connectivity index is 1.76. The van der Waals surface area contributed by atoms with Gasteiger partial charge in [-0.1, -0.05) is 36.4 Å². The number of hydrogen-bond donors (Lipinski definition) is 0. The molecule has 1 amide bonds. The molecule has 0 bridgehead atoms. The van der Waals surface area contributed by atoms with E-state index in [1.54, 1.807) is 6.08 Å². The minimum absolute atomic E-state index is 0.0127. The average Bonchev–Trinajstić information content (AvgIpc) is 2.78. The minimum atomic E-state index is -0.541. The van der Waals surface area contributed by atoms with Gasteiger partial charge in [0.15, 0.2) is 5.78 Å². The van der Waals surface area contributed by atoms with Crippen molar-refractivity contribution in [3.05, 3.63) is 87.1 Å². The number of halogens is 1. The number of hydrogen-bond acceptors (Lipinski definition) is 5. The number of amides is 1. The van der Waals surface area contributed by atoms with Crippen LogP contribution in [0.25, 0.3) is 0 Å². The van der Waals surface area contributed by atoms with E-state index < -0.39 is 4.92 Å². The topological polar surface area (TPSA) is 89.8 Å². The normalized spacial score (nSPS) is 18.4. The molecule has 0 aromatic heterocycles. The Morgan fingerprint density at radius 3 is 2.59 bits per heavy atom. The molecular weight excluding hydrogens is 432 g/mol. The van der Waals surface area contributed by atoms with E-state index in [1.807, 2.05) is 24.3 Å². The van der Waals surface area contributed by atoms with Crippen LogP contribution in [0.15, 0.2) is 66.4 Å². The summed E-state index contributed by atoms with van der Waals surface area (Å²) in [6.07, 6.45) is 3.37. The van der Waals surface area contributed by atoms with Gasteiger partial charge in [0.05, 0.1) is 15.6 Å². The highest BCUT2D eigenvalue weighted by Gasteiger charge is 2.40. The number of benzene rings is 2. The molecule has 0 N–H and O–H groups in total. The van der Waals surface area contributed by atoms with Crippen molar-refractivity contribution in [2.24, 2.45) is 0 Å². The molecule has 0 spiro atoms. The van der Waals surface area contributed by atoms with Gasteiger partial charge < -0.3 is 4.74 Å². The smallest absolute Gasteiger partial charge is 0.271 e. The maximum Gasteiger partial charge on any atom is 0.271 e. The summed E-state index contributed by atoms with van der Waals surface area (Å²) in [6.45, 7) is 4.02. The number of non-ortho nitro benzene ring substituents is 1. The van der Waals surface area contributed by atoms with Crippen LogP contribution in [0, 0.1) is 10.1 Å². The first-order chi connectivity index (χ1) is 15.4. The molecule has 0 saturated carbocycles. The van der Waals surface area contributed by atoms with Gasteiger partial charge in [-0.05, 0) is 36.6 Å². The van der Waals surface area contributed by atoms with Gasteiger partial charge in [0.1, 0.15) is 12.4 Å². The third-order valence-corrected chi connectivity index (χ3v) is 6.01. The number of nitro benzene ring substituents is 1. The SMILES string of the molecule is C=CCOc1ccc(C2CC(=O)N(c3ccc([N+](=O)[O-])cc3Cl)C3=C2C(=O)CCC3)cc1. The quantitative estimate of drug-likeness (QED) is 0.335. The highest BCUT2D eigenvalue weighted by molar-refractivity contribution is 6.34. The molecule has 2 aromatic carbocycles. The van der Waals surface area contributed by atoms with Crippen molar-refractivity contribution in [3.8, 4) is 5.75 Å². The maximum absolute atomic E-state index is 13.3. The van der Waals surface area contributed by atoms with Crippen LogP contribution in [0.3, 0.4) is 0 Å². The van der Waals surface area contributed by atoms with E-state index in [0.717, 1.165) is 5.56 Å². The number of nitrogens with zero attached hydrogens (tertiary/aromatic N) is 2. The Morgan fingerprint density at radius 1 is 1.19 bits per heavy atom. The van der Waals surface area contributed by atoms with Gasteiger partial charge in [-0.15, -0.1) is 0 Å². The predicted octanol–water partition coefficient (Wildman–Crippen LogP) is 5.34. The molecule has 1 aliphatic carbocycles. The Labute approximate surface area is 190 Å². The number of carbonyl (C=O) groups excluding carboxylic acids is 2. The van der Waals surface area contributed by atoms with Gasteiger partial charge >= 0.3 is 0 Å². The molecule has 32 heavy (non-hydrogen) atoms. The van der Waals surface area contributed by atoms with Crippen LogP contribution >= 0.6 is 11.6 Å². The Morgan fingerprint density at radius 2 is 1.94 bits per heavy atom. The Kier molecular flexibility index (Phi) is 6.10. The van der Waals surface area contributed by atoms with Gasteiger partial charge in [0.25, 0.3) is 5.69 Å². The molecule has 0 fully saturated rings. The lowest BCUT2D eigenvalue weighted by atomic mass is 9.77. The first-order valence-corrected chi connectivity index (χ1v) is 10.6. The van der Waals surface area contributed by atoms with E-state index >= 15 is 0 Å². The van der Waals surface area contributed by atoms with E-state index in [-0.39, 0.29) is 34.7 Å². The number of nitro groups is 1. The first kappa shape index (κ1) is 21.8. The number of rotatable bonds is 6. The predicted molar refractivity (Wildman–Crippen MR) is 121 cm³/mol. The third-order valence-electron chi connectivity index (χ3n) is 5.71. The molecule has 1 aliphatic heterocycles. The van der Waals surface area contributed by atoms with E-state index in [2.05, 4.69) is 6.58 Å². The summed E-state index contributed by atoms with van der Waals surface area (Å²) in [6, 6.07) is 11.4. The van der Waals surface area contributed by atoms with Crippen molar-refractivity contribution >= 4 is 34.7 Å². The van der Waals surface area contributed by atoms with E-state index in [9.17, 15) is 19.7 Å². The average molecular weight is 453 g/mol. The zero-order valence-corrected chi connectivity index (χ0v) is 18.0. The van der Waals surface area contributed by atoms with Crippen LogP contribution < -0.4 is 9.64 Å². The first-order valence-electron chi connectivity index (χ1n) is 10.3. The number of ketones is 1. The van der Waals surface area contributed by atoms with Gasteiger partial charge in [-0.25, -0.2) is 0 Å². The molecule has 2 aromatic rings. The lowest BCUT2D eigenvalue weighted by Crippen LogP contribution is -2.40. The summed E-state index contributed by atoms with van der Waals surface area (Å²) in [5.41, 5.74) is 2.31. The Bertz CT molecular complexity index is 1140. The fourth-order valence-corrected chi connectivity index (χ4v) is 4.56. The number of ether oxygens (including phenoxy) is 1. The highest BCUT2D eigenvalue weighted by atomic mass is 35.5. The monoisotopic (exact) mass is 452 g/mol. The van der Waals surface area contributed by atoms with Crippen LogP contribution in [-0.2, 0) is 9.59 Å². The Hall–Kier alpha value is -3.45. The van der Waals surface area contributed by atoms with E-state index in [4.69, 9.17) is 16.3 Å². The number of anilines is 1. The molecule has 2 aliphatic rings. The van der Waals surface area contributed by atoms with Crippen LogP contribution in [0.2, 0.25) is 5.02 Å². The van der Waals surface area contributed by atoms with Crippen LogP contribution in [0.4, 0.5) is 11.4 Å². The fraction of sp³-hybridized carbons (Fsp3) is 0.250. The second-order valence-electron chi connectivity index (χ2n) is 7.68. The van der Waals surface area contributed by atoms with Gasteiger partial charge in [0.2, 0.25) is 5.91 Å². The zero-order chi connectivity index (χ0) is 22.8. The van der Waals surface area contributed by atoms with Crippen molar-refractivity contribution < 1.29 is 19.2 Å². The zero-order valence-electron chi connectivity index (χ0n) is 17.3. The molecule has 1 unspecified atom stereocenters. The molecule has 8 heteroatoms. The molecule has 1 heterocycles. The van der Waals surface area contributed by atoms with Crippen molar-refractivity contribution in [1.29, 1.82) is 0 Å². The molecule has 0 radical (unpaired) electrons. The lowest BCUT2D eigenvalue weighted by molar-refractivity contribution is -0.384. The summed E-state index contributed by atoms with van der Waals surface area (Å²) >= 11 is 6.33. The third kappa shape index (κ3) is 4.03. The van der Waals surface area contributed by atoms with Crippen molar-refractivity contribution in [2.75, 3.05) is 11.5 Å². The molecule has 7 nitrogen and oxygen atoms in total. The summed E-state index contributed by atoms with van der Waals surface area (Å²) in [5, 5.41) is 11.2. The maximum atomic E-state index is 13.3. The van der Waals surface area contributed by atoms with Crippen molar-refractivity contribution in [3.63, 3.8) is 0 Å². The molecule has 1 atom stereocenters. The van der Waals surface area contributed by atoms with Crippen LogP contribution in [-0.4, -0.2) is 23.2 Å². The largest absolute Gasteiger partial charge is 0.490 e. The van der Waals surface area contributed by atoms with E-state index in [0.29, 0.717) is 48.6 Å². The van der Waals surface area contributed by atoms with Crippen molar-refractivity contribution in [2.45, 2.75) is 31.6 Å². The number of carbonyl (C=O) groups is 2. The molecule has 0 saturated heterocycles. The van der Waals surface area contributed by atoms with Gasteiger partial charge in [-0.2, -0.15) is 0 Å². The van der Waals surface area contributed by atoms with Crippen LogP contribution in [0.1, 0.15) is 37.2 Å². The van der Waals surface area contributed by atoms with Crippen molar-refractivity contribution in [1.82, 2.24) is 0 Å². The lowest BCUT2D eigenvalue weighted by Gasteiger charge is -2.38.